The maximum atomic E-state index is 12.3. The monoisotopic (exact) mass is 329 g/mol. The van der Waals surface area contributed by atoms with Crippen LogP contribution in [0.1, 0.15) is 39.7 Å². The van der Waals surface area contributed by atoms with E-state index in [0.29, 0.717) is 21.6 Å². The largest absolute Gasteiger partial charge is 0.451 e. The van der Waals surface area contributed by atoms with Gasteiger partial charge in [0.2, 0.25) is 0 Å². The molecule has 0 aromatic carbocycles. The first-order chi connectivity index (χ1) is 11.0. The van der Waals surface area contributed by atoms with E-state index in [1.54, 1.807) is 25.3 Å². The average Bonchev–Trinajstić information content (AvgIpc) is 2.83. The van der Waals surface area contributed by atoms with E-state index in [1.165, 1.54) is 17.5 Å². The highest BCUT2D eigenvalue weighted by molar-refractivity contribution is 7.18. The van der Waals surface area contributed by atoms with Crippen molar-refractivity contribution in [3.8, 4) is 0 Å². The summed E-state index contributed by atoms with van der Waals surface area (Å²) >= 11 is 1.46. The van der Waals surface area contributed by atoms with Crippen molar-refractivity contribution in [1.82, 2.24) is 15.0 Å². The minimum Gasteiger partial charge on any atom is -0.451 e. The SMILES string of the molecule is Cc1sc2nc([C@@H](C)OC(=O)c3cccnc3)[nH]c(=O)c2c1C. The van der Waals surface area contributed by atoms with Crippen LogP contribution in [0.5, 0.6) is 0 Å². The maximum Gasteiger partial charge on any atom is 0.340 e. The van der Waals surface area contributed by atoms with Gasteiger partial charge in [-0.2, -0.15) is 0 Å². The Morgan fingerprint density at radius 1 is 1.39 bits per heavy atom. The zero-order chi connectivity index (χ0) is 16.6. The van der Waals surface area contributed by atoms with Crippen LogP contribution in [0.3, 0.4) is 0 Å². The molecule has 0 fully saturated rings. The average molecular weight is 329 g/mol. The fourth-order valence-electron chi connectivity index (χ4n) is 2.23. The summed E-state index contributed by atoms with van der Waals surface area (Å²) in [6.45, 7) is 5.52. The van der Waals surface area contributed by atoms with Gasteiger partial charge in [-0.05, 0) is 38.5 Å². The number of esters is 1. The first-order valence-corrected chi connectivity index (χ1v) is 7.90. The molecule has 0 bridgehead atoms. The molecule has 3 heterocycles. The molecule has 23 heavy (non-hydrogen) atoms. The molecule has 0 amide bonds. The normalized spacial score (nSPS) is 12.3. The van der Waals surface area contributed by atoms with Gasteiger partial charge in [-0.3, -0.25) is 9.78 Å². The smallest absolute Gasteiger partial charge is 0.340 e. The van der Waals surface area contributed by atoms with Gasteiger partial charge in [-0.1, -0.05) is 0 Å². The predicted octanol–water partition coefficient (Wildman–Crippen LogP) is 2.91. The van der Waals surface area contributed by atoms with Crippen molar-refractivity contribution in [2.24, 2.45) is 0 Å². The summed E-state index contributed by atoms with van der Waals surface area (Å²) < 4.78 is 5.36. The van der Waals surface area contributed by atoms with Gasteiger partial charge < -0.3 is 9.72 Å². The fourth-order valence-corrected chi connectivity index (χ4v) is 3.27. The highest BCUT2D eigenvalue weighted by Crippen LogP contribution is 2.27. The Kier molecular flexibility index (Phi) is 3.96. The number of rotatable bonds is 3. The first kappa shape index (κ1) is 15.4. The van der Waals surface area contributed by atoms with Crippen LogP contribution >= 0.6 is 11.3 Å². The van der Waals surface area contributed by atoms with Gasteiger partial charge in [0.1, 0.15) is 4.83 Å². The number of ether oxygens (including phenoxy) is 1. The summed E-state index contributed by atoms with van der Waals surface area (Å²) in [6.07, 6.45) is 2.34. The van der Waals surface area contributed by atoms with Crippen LogP contribution in [0.4, 0.5) is 0 Å². The third kappa shape index (κ3) is 2.87. The van der Waals surface area contributed by atoms with Gasteiger partial charge in [0, 0.05) is 17.3 Å². The first-order valence-electron chi connectivity index (χ1n) is 7.08. The molecule has 3 aromatic heterocycles. The van der Waals surface area contributed by atoms with Crippen molar-refractivity contribution in [2.45, 2.75) is 26.9 Å². The summed E-state index contributed by atoms with van der Waals surface area (Å²) in [5.41, 5.74) is 1.08. The van der Waals surface area contributed by atoms with Gasteiger partial charge >= 0.3 is 5.97 Å². The molecule has 1 N–H and O–H groups in total. The van der Waals surface area contributed by atoms with E-state index in [0.717, 1.165) is 10.4 Å². The lowest BCUT2D eigenvalue weighted by Crippen LogP contribution is -2.17. The van der Waals surface area contributed by atoms with E-state index in [2.05, 4.69) is 15.0 Å². The quantitative estimate of drug-likeness (QED) is 0.747. The molecule has 0 aliphatic rings. The lowest BCUT2D eigenvalue weighted by molar-refractivity contribution is 0.0319. The number of carbonyl (C=O) groups is 1. The van der Waals surface area contributed by atoms with Crippen molar-refractivity contribution in [3.05, 3.63) is 56.7 Å². The number of pyridine rings is 1. The van der Waals surface area contributed by atoms with Gasteiger partial charge in [0.15, 0.2) is 11.9 Å². The zero-order valence-electron chi connectivity index (χ0n) is 12.9. The second kappa shape index (κ2) is 5.92. The molecular weight excluding hydrogens is 314 g/mol. The molecule has 0 unspecified atom stereocenters. The molecule has 0 spiro atoms. The summed E-state index contributed by atoms with van der Waals surface area (Å²) in [7, 11) is 0. The second-order valence-electron chi connectivity index (χ2n) is 5.20. The Balaban J connectivity index is 1.91. The number of H-pyrrole nitrogens is 1. The number of carbonyl (C=O) groups excluding carboxylic acids is 1. The Morgan fingerprint density at radius 2 is 2.17 bits per heavy atom. The van der Waals surface area contributed by atoms with Gasteiger partial charge in [-0.15, -0.1) is 11.3 Å². The van der Waals surface area contributed by atoms with E-state index < -0.39 is 12.1 Å². The topological polar surface area (TPSA) is 84.9 Å². The van der Waals surface area contributed by atoms with Crippen molar-refractivity contribution < 1.29 is 9.53 Å². The Bertz CT molecular complexity index is 931. The number of hydrogen-bond donors (Lipinski definition) is 1. The summed E-state index contributed by atoms with van der Waals surface area (Å²) in [5, 5.41) is 0.599. The second-order valence-corrected chi connectivity index (χ2v) is 6.41. The summed E-state index contributed by atoms with van der Waals surface area (Å²) in [5.74, 6) is -0.173. The van der Waals surface area contributed by atoms with Gasteiger partial charge in [-0.25, -0.2) is 9.78 Å². The standard InChI is InChI=1S/C16H15N3O3S/c1-8-10(3)23-15-12(8)14(20)18-13(19-15)9(2)22-16(21)11-5-4-6-17-7-11/h4-7,9H,1-3H3,(H,18,19,20)/t9-/m1/s1. The molecule has 3 rings (SSSR count). The third-order valence-corrected chi connectivity index (χ3v) is 4.72. The van der Waals surface area contributed by atoms with Crippen LogP contribution in [0.15, 0.2) is 29.3 Å². The van der Waals surface area contributed by atoms with Crippen LogP contribution in [-0.2, 0) is 4.74 Å². The molecule has 0 aliphatic carbocycles. The summed E-state index contributed by atoms with van der Waals surface area (Å²) in [4.78, 5) is 37.0. The van der Waals surface area contributed by atoms with Crippen molar-refractivity contribution in [3.63, 3.8) is 0 Å². The van der Waals surface area contributed by atoms with E-state index in [4.69, 9.17) is 4.74 Å². The lowest BCUT2D eigenvalue weighted by atomic mass is 10.2. The molecule has 0 radical (unpaired) electrons. The zero-order valence-corrected chi connectivity index (χ0v) is 13.7. The molecule has 3 aromatic rings. The number of fused-ring (bicyclic) bond motifs is 1. The number of nitrogens with one attached hydrogen (secondary N) is 1. The maximum absolute atomic E-state index is 12.3. The Hall–Kier alpha value is -2.54. The molecule has 0 saturated carbocycles. The number of aryl methyl sites for hydroxylation is 2. The van der Waals surface area contributed by atoms with Crippen LogP contribution in [-0.4, -0.2) is 20.9 Å². The summed E-state index contributed by atoms with van der Waals surface area (Å²) in [6, 6.07) is 3.28. The number of aromatic nitrogens is 3. The lowest BCUT2D eigenvalue weighted by Gasteiger charge is -2.12. The van der Waals surface area contributed by atoms with E-state index in [-0.39, 0.29) is 5.56 Å². The molecule has 0 saturated heterocycles. The van der Waals surface area contributed by atoms with E-state index in [9.17, 15) is 9.59 Å². The van der Waals surface area contributed by atoms with Crippen LogP contribution in [0.25, 0.3) is 10.2 Å². The highest BCUT2D eigenvalue weighted by Gasteiger charge is 2.19. The number of hydrogen-bond acceptors (Lipinski definition) is 6. The van der Waals surface area contributed by atoms with E-state index >= 15 is 0 Å². The van der Waals surface area contributed by atoms with Crippen molar-refractivity contribution >= 4 is 27.5 Å². The Morgan fingerprint density at radius 3 is 2.87 bits per heavy atom. The number of aromatic amines is 1. The number of thiophene rings is 1. The molecular formula is C16H15N3O3S. The Labute approximate surface area is 136 Å². The molecule has 118 valence electrons. The molecule has 0 aliphatic heterocycles. The fraction of sp³-hybridized carbons (Fsp3) is 0.250. The molecule has 1 atom stereocenters. The van der Waals surface area contributed by atoms with Gasteiger partial charge in [0.05, 0.1) is 10.9 Å². The van der Waals surface area contributed by atoms with E-state index in [1.807, 2.05) is 13.8 Å². The van der Waals surface area contributed by atoms with Crippen LogP contribution in [0.2, 0.25) is 0 Å². The minimum absolute atomic E-state index is 0.212. The van der Waals surface area contributed by atoms with Crippen LogP contribution in [0, 0.1) is 13.8 Å². The van der Waals surface area contributed by atoms with Crippen molar-refractivity contribution in [2.75, 3.05) is 0 Å². The minimum atomic E-state index is -0.664. The third-order valence-electron chi connectivity index (χ3n) is 3.62. The molecule has 7 heteroatoms. The molecule has 6 nitrogen and oxygen atoms in total. The predicted molar refractivity (Wildman–Crippen MR) is 87.8 cm³/mol. The van der Waals surface area contributed by atoms with Crippen LogP contribution < -0.4 is 5.56 Å². The number of nitrogens with zero attached hydrogens (tertiary/aromatic N) is 2. The highest BCUT2D eigenvalue weighted by atomic mass is 32.1. The van der Waals surface area contributed by atoms with Crippen molar-refractivity contribution in [1.29, 1.82) is 0 Å². The van der Waals surface area contributed by atoms with Gasteiger partial charge in [0.25, 0.3) is 5.56 Å².